The number of hydrogen-bond acceptors (Lipinski definition) is 3. The molecule has 0 bridgehead atoms. The maximum Gasteiger partial charge on any atom is 0.419 e. The molecule has 0 spiro atoms. The van der Waals surface area contributed by atoms with Crippen molar-refractivity contribution in [1.29, 1.82) is 0 Å². The van der Waals surface area contributed by atoms with Gasteiger partial charge in [0, 0.05) is 19.5 Å². The molecule has 0 fully saturated rings. The minimum absolute atomic E-state index is 0.0963. The molecule has 5 heteroatoms. The van der Waals surface area contributed by atoms with Gasteiger partial charge in [-0.2, -0.15) is 0 Å². The molecule has 3 aromatic rings. The highest BCUT2D eigenvalue weighted by molar-refractivity contribution is 5.76. The molecule has 0 saturated heterocycles. The third-order valence-corrected chi connectivity index (χ3v) is 3.47. The van der Waals surface area contributed by atoms with Crippen LogP contribution in [0.1, 0.15) is 12.0 Å². The van der Waals surface area contributed by atoms with Gasteiger partial charge in [-0.1, -0.05) is 42.5 Å². The Balaban J connectivity index is 1.61. The lowest BCUT2D eigenvalue weighted by Gasteiger charge is -2.05. The van der Waals surface area contributed by atoms with E-state index in [0.29, 0.717) is 24.2 Å². The molecule has 0 aliphatic rings. The van der Waals surface area contributed by atoms with Crippen LogP contribution >= 0.6 is 0 Å². The number of nitrogens with one attached hydrogen (secondary N) is 1. The van der Waals surface area contributed by atoms with Crippen molar-refractivity contribution in [3.63, 3.8) is 0 Å². The van der Waals surface area contributed by atoms with E-state index in [0.717, 1.165) is 5.56 Å². The van der Waals surface area contributed by atoms with Crippen LogP contribution in [0.4, 0.5) is 0 Å². The van der Waals surface area contributed by atoms with Crippen molar-refractivity contribution in [2.24, 2.45) is 0 Å². The molecule has 1 N–H and O–H groups in total. The number of benzene rings is 2. The number of aryl methyl sites for hydroxylation is 1. The summed E-state index contributed by atoms with van der Waals surface area (Å²) in [7, 11) is 0. The minimum Gasteiger partial charge on any atom is -0.408 e. The van der Waals surface area contributed by atoms with Gasteiger partial charge in [0.15, 0.2) is 5.58 Å². The first-order valence-electron chi connectivity index (χ1n) is 7.13. The molecule has 5 nitrogen and oxygen atoms in total. The molecule has 0 radical (unpaired) electrons. The maximum atomic E-state index is 11.9. The molecule has 1 heterocycles. The molecule has 1 aromatic heterocycles. The van der Waals surface area contributed by atoms with Crippen molar-refractivity contribution in [3.8, 4) is 0 Å². The predicted molar refractivity (Wildman–Crippen MR) is 83.4 cm³/mol. The molecule has 2 aromatic carbocycles. The fraction of sp³-hybridized carbons (Fsp3) is 0.176. The summed E-state index contributed by atoms with van der Waals surface area (Å²) < 4.78 is 6.62. The molecule has 3 rings (SSSR count). The maximum absolute atomic E-state index is 11.9. The first-order valence-corrected chi connectivity index (χ1v) is 7.13. The third-order valence-electron chi connectivity index (χ3n) is 3.47. The molecule has 0 atom stereocenters. The van der Waals surface area contributed by atoms with Gasteiger partial charge in [-0.15, -0.1) is 0 Å². The van der Waals surface area contributed by atoms with E-state index in [2.05, 4.69) is 5.32 Å². The van der Waals surface area contributed by atoms with Crippen LogP contribution in [-0.2, 0) is 17.9 Å². The van der Waals surface area contributed by atoms with Crippen molar-refractivity contribution in [3.05, 3.63) is 70.7 Å². The smallest absolute Gasteiger partial charge is 0.408 e. The number of oxazole rings is 1. The second-order valence-corrected chi connectivity index (χ2v) is 5.00. The summed E-state index contributed by atoms with van der Waals surface area (Å²) in [5.41, 5.74) is 2.29. The fourth-order valence-electron chi connectivity index (χ4n) is 2.32. The Morgan fingerprint density at radius 3 is 2.59 bits per heavy atom. The first-order chi connectivity index (χ1) is 10.7. The van der Waals surface area contributed by atoms with Crippen molar-refractivity contribution in [1.82, 2.24) is 9.88 Å². The first kappa shape index (κ1) is 14.1. The van der Waals surface area contributed by atoms with E-state index in [1.807, 2.05) is 48.5 Å². The van der Waals surface area contributed by atoms with Crippen molar-refractivity contribution in [2.45, 2.75) is 19.5 Å². The lowest BCUT2D eigenvalue weighted by Crippen LogP contribution is -2.25. The highest BCUT2D eigenvalue weighted by Gasteiger charge is 2.10. The Labute approximate surface area is 127 Å². The van der Waals surface area contributed by atoms with Crippen LogP contribution in [-0.4, -0.2) is 10.5 Å². The summed E-state index contributed by atoms with van der Waals surface area (Å²) >= 11 is 0. The number of carbonyl (C=O) groups excluding carboxylic acids is 1. The van der Waals surface area contributed by atoms with Gasteiger partial charge in [0.25, 0.3) is 0 Å². The van der Waals surface area contributed by atoms with Gasteiger partial charge in [0.2, 0.25) is 5.91 Å². The van der Waals surface area contributed by atoms with Gasteiger partial charge < -0.3 is 9.73 Å². The number of amides is 1. The van der Waals surface area contributed by atoms with Crippen LogP contribution in [0.3, 0.4) is 0 Å². The highest BCUT2D eigenvalue weighted by atomic mass is 16.4. The summed E-state index contributed by atoms with van der Waals surface area (Å²) in [5.74, 6) is -0.530. The Bertz CT molecular complexity index is 834. The van der Waals surface area contributed by atoms with E-state index in [1.165, 1.54) is 4.57 Å². The zero-order chi connectivity index (χ0) is 15.4. The van der Waals surface area contributed by atoms with E-state index in [4.69, 9.17) is 4.42 Å². The monoisotopic (exact) mass is 296 g/mol. The van der Waals surface area contributed by atoms with Crippen LogP contribution in [0.2, 0.25) is 0 Å². The SMILES string of the molecule is O=C(CCn1c(=O)oc2ccccc21)NCc1ccccc1. The van der Waals surface area contributed by atoms with Gasteiger partial charge in [-0.05, 0) is 17.7 Å². The molecule has 112 valence electrons. The number of fused-ring (bicyclic) bond motifs is 1. The van der Waals surface area contributed by atoms with Crippen LogP contribution in [0.25, 0.3) is 11.1 Å². The number of carbonyl (C=O) groups is 1. The van der Waals surface area contributed by atoms with E-state index >= 15 is 0 Å². The number of nitrogens with zero attached hydrogens (tertiary/aromatic N) is 1. The van der Waals surface area contributed by atoms with Gasteiger partial charge in [-0.3, -0.25) is 9.36 Å². The normalized spacial score (nSPS) is 10.7. The number of aromatic nitrogens is 1. The topological polar surface area (TPSA) is 64.2 Å². The van der Waals surface area contributed by atoms with Gasteiger partial charge in [-0.25, -0.2) is 4.79 Å². The van der Waals surface area contributed by atoms with Crippen molar-refractivity contribution >= 4 is 17.0 Å². The zero-order valence-electron chi connectivity index (χ0n) is 12.0. The minimum atomic E-state index is -0.433. The number of hydrogen-bond donors (Lipinski definition) is 1. The standard InChI is InChI=1S/C17H16N2O3/c20-16(18-12-13-6-2-1-3-7-13)10-11-19-14-8-4-5-9-15(14)22-17(19)21/h1-9H,10-12H2,(H,18,20). The van der Waals surface area contributed by atoms with E-state index in [1.54, 1.807) is 6.07 Å². The Hall–Kier alpha value is -2.82. The summed E-state index contributed by atoms with van der Waals surface area (Å²) in [6.45, 7) is 0.789. The Kier molecular flexibility index (Phi) is 4.05. The average Bonchev–Trinajstić information content (AvgIpc) is 2.87. The summed E-state index contributed by atoms with van der Waals surface area (Å²) in [6.07, 6.45) is 0.232. The van der Waals surface area contributed by atoms with Gasteiger partial charge in [0.1, 0.15) is 0 Å². The Morgan fingerprint density at radius 2 is 1.77 bits per heavy atom. The van der Waals surface area contributed by atoms with Gasteiger partial charge >= 0.3 is 5.76 Å². The summed E-state index contributed by atoms with van der Waals surface area (Å²) in [6, 6.07) is 16.9. The molecular weight excluding hydrogens is 280 g/mol. The van der Waals surface area contributed by atoms with Crippen LogP contribution in [0, 0.1) is 0 Å². The molecule has 0 unspecified atom stereocenters. The van der Waals surface area contributed by atoms with E-state index in [-0.39, 0.29) is 12.3 Å². The van der Waals surface area contributed by atoms with Crippen LogP contribution in [0.15, 0.2) is 63.8 Å². The quantitative estimate of drug-likeness (QED) is 0.785. The lowest BCUT2D eigenvalue weighted by molar-refractivity contribution is -0.121. The van der Waals surface area contributed by atoms with Gasteiger partial charge in [0.05, 0.1) is 5.52 Å². The van der Waals surface area contributed by atoms with E-state index < -0.39 is 5.76 Å². The largest absolute Gasteiger partial charge is 0.419 e. The zero-order valence-corrected chi connectivity index (χ0v) is 12.0. The fourth-order valence-corrected chi connectivity index (χ4v) is 2.32. The van der Waals surface area contributed by atoms with E-state index in [9.17, 15) is 9.59 Å². The Morgan fingerprint density at radius 1 is 1.05 bits per heavy atom. The molecule has 0 aliphatic carbocycles. The summed E-state index contributed by atoms with van der Waals surface area (Å²) in [5, 5.41) is 2.84. The average molecular weight is 296 g/mol. The van der Waals surface area contributed by atoms with Crippen molar-refractivity contribution in [2.75, 3.05) is 0 Å². The third kappa shape index (κ3) is 3.09. The molecular formula is C17H16N2O3. The summed E-state index contributed by atoms with van der Waals surface area (Å²) in [4.78, 5) is 23.7. The highest BCUT2D eigenvalue weighted by Crippen LogP contribution is 2.11. The van der Waals surface area contributed by atoms with Crippen molar-refractivity contribution < 1.29 is 9.21 Å². The van der Waals surface area contributed by atoms with Crippen LogP contribution < -0.4 is 11.1 Å². The predicted octanol–water partition coefficient (Wildman–Crippen LogP) is 2.30. The second kappa shape index (κ2) is 6.30. The molecule has 22 heavy (non-hydrogen) atoms. The number of para-hydroxylation sites is 2. The number of rotatable bonds is 5. The van der Waals surface area contributed by atoms with Crippen LogP contribution in [0.5, 0.6) is 0 Å². The molecule has 1 amide bonds. The lowest BCUT2D eigenvalue weighted by atomic mass is 10.2. The molecule has 0 aliphatic heterocycles. The second-order valence-electron chi connectivity index (χ2n) is 5.00. The molecule has 0 saturated carbocycles.